The standard InChI is InChI=1S/C15H21BO2.CH3NO/c1-14(2)15(3,4)18-16(17-14)13-9-7-12(8-10-13)11-5-6-11;2-1-3/h7-11H,5-6H2,1-4H3;1H,(H2,2,3). The van der Waals surface area contributed by atoms with Gasteiger partial charge in [-0.3, -0.25) is 4.79 Å². The zero-order valence-corrected chi connectivity index (χ0v) is 13.3. The molecule has 0 aromatic heterocycles. The molecule has 4 nitrogen and oxygen atoms in total. The lowest BCUT2D eigenvalue weighted by Gasteiger charge is -2.32. The van der Waals surface area contributed by atoms with Gasteiger partial charge in [0.1, 0.15) is 0 Å². The largest absolute Gasteiger partial charge is 0.494 e. The van der Waals surface area contributed by atoms with Gasteiger partial charge in [-0.15, -0.1) is 0 Å². The molecule has 114 valence electrons. The van der Waals surface area contributed by atoms with E-state index in [1.807, 2.05) is 0 Å². The van der Waals surface area contributed by atoms with E-state index in [-0.39, 0.29) is 24.7 Å². The Morgan fingerprint density at radius 1 is 1.10 bits per heavy atom. The highest BCUT2D eigenvalue weighted by Gasteiger charge is 2.51. The minimum atomic E-state index is -0.257. The van der Waals surface area contributed by atoms with Crippen LogP contribution in [0.1, 0.15) is 52.0 Å². The second kappa shape index (κ2) is 5.81. The van der Waals surface area contributed by atoms with Crippen LogP contribution in [0.2, 0.25) is 0 Å². The predicted octanol–water partition coefficient (Wildman–Crippen LogP) is 1.96. The fourth-order valence-corrected chi connectivity index (χ4v) is 2.32. The van der Waals surface area contributed by atoms with Crippen molar-refractivity contribution in [1.82, 2.24) is 0 Å². The van der Waals surface area contributed by atoms with Crippen LogP contribution in [0.15, 0.2) is 24.3 Å². The second-order valence-corrected chi connectivity index (χ2v) is 6.67. The molecule has 2 fully saturated rings. The molecule has 1 aromatic carbocycles. The third kappa shape index (κ3) is 3.47. The quantitative estimate of drug-likeness (QED) is 0.669. The molecule has 1 saturated heterocycles. The van der Waals surface area contributed by atoms with E-state index < -0.39 is 0 Å². The molecule has 0 atom stereocenters. The summed E-state index contributed by atoms with van der Waals surface area (Å²) in [7, 11) is -0.233. The van der Waals surface area contributed by atoms with Gasteiger partial charge in [-0.25, -0.2) is 0 Å². The average molecular weight is 289 g/mol. The Morgan fingerprint density at radius 3 is 1.90 bits per heavy atom. The molecule has 1 amide bonds. The summed E-state index contributed by atoms with van der Waals surface area (Å²) in [6, 6.07) is 8.74. The molecule has 21 heavy (non-hydrogen) atoms. The number of rotatable bonds is 2. The first-order valence-electron chi connectivity index (χ1n) is 7.41. The van der Waals surface area contributed by atoms with Gasteiger partial charge in [-0.1, -0.05) is 24.3 Å². The number of hydrogen-bond acceptors (Lipinski definition) is 3. The first-order chi connectivity index (χ1) is 9.80. The molecule has 3 rings (SSSR count). The lowest BCUT2D eigenvalue weighted by Crippen LogP contribution is -2.41. The van der Waals surface area contributed by atoms with Gasteiger partial charge < -0.3 is 15.0 Å². The molecule has 1 aromatic rings. The normalized spacial score (nSPS) is 22.4. The predicted molar refractivity (Wildman–Crippen MR) is 84.4 cm³/mol. The molecule has 0 spiro atoms. The van der Waals surface area contributed by atoms with Crippen LogP contribution in [-0.4, -0.2) is 24.7 Å². The van der Waals surface area contributed by atoms with Gasteiger partial charge in [0.25, 0.3) is 0 Å². The Hall–Kier alpha value is -1.33. The molecule has 0 unspecified atom stereocenters. The number of hydrogen-bond donors (Lipinski definition) is 1. The summed E-state index contributed by atoms with van der Waals surface area (Å²) in [4.78, 5) is 8.58. The Balaban J connectivity index is 0.000000497. The number of carbonyl (C=O) groups excluding carboxylic acids is 1. The van der Waals surface area contributed by atoms with Gasteiger partial charge in [0.15, 0.2) is 0 Å². The molecule has 1 aliphatic heterocycles. The SMILES string of the molecule is CC1(C)OB(c2ccc(C3CC3)cc2)OC1(C)C.NC=O. The van der Waals surface area contributed by atoms with Crippen LogP contribution in [0.3, 0.4) is 0 Å². The van der Waals surface area contributed by atoms with Crippen molar-refractivity contribution in [2.24, 2.45) is 5.73 Å². The summed E-state index contributed by atoms with van der Waals surface area (Å²) < 4.78 is 12.1. The van der Waals surface area contributed by atoms with Gasteiger partial charge in [-0.2, -0.15) is 0 Å². The Kier molecular flexibility index (Phi) is 4.44. The fraction of sp³-hybridized carbons (Fsp3) is 0.562. The maximum Gasteiger partial charge on any atom is 0.494 e. The number of carbonyl (C=O) groups is 1. The van der Waals surface area contributed by atoms with Crippen LogP contribution in [0, 0.1) is 0 Å². The number of benzene rings is 1. The van der Waals surface area contributed by atoms with Crippen LogP contribution in [0.4, 0.5) is 0 Å². The minimum Gasteiger partial charge on any atom is -0.399 e. The number of nitrogens with two attached hydrogens (primary N) is 1. The summed E-state index contributed by atoms with van der Waals surface area (Å²) in [6.45, 7) is 8.36. The molecule has 1 aliphatic carbocycles. The molecular formula is C16H24BNO3. The van der Waals surface area contributed by atoms with Crippen molar-refractivity contribution in [3.8, 4) is 0 Å². The second-order valence-electron chi connectivity index (χ2n) is 6.67. The van der Waals surface area contributed by atoms with Crippen LogP contribution in [-0.2, 0) is 14.1 Å². The summed E-state index contributed by atoms with van der Waals surface area (Å²) in [5.74, 6) is 0.803. The fourth-order valence-electron chi connectivity index (χ4n) is 2.32. The van der Waals surface area contributed by atoms with Gasteiger partial charge in [0.05, 0.1) is 11.2 Å². The number of amides is 1. The summed E-state index contributed by atoms with van der Waals surface area (Å²) in [5.41, 5.74) is 6.23. The maximum atomic E-state index is 8.58. The summed E-state index contributed by atoms with van der Waals surface area (Å²) in [5, 5.41) is 0. The van der Waals surface area contributed by atoms with Crippen LogP contribution in [0.5, 0.6) is 0 Å². The van der Waals surface area contributed by atoms with E-state index in [9.17, 15) is 0 Å². The van der Waals surface area contributed by atoms with Crippen LogP contribution in [0.25, 0.3) is 0 Å². The van der Waals surface area contributed by atoms with Crippen molar-refractivity contribution in [2.45, 2.75) is 57.7 Å². The molecule has 1 saturated carbocycles. The van der Waals surface area contributed by atoms with Crippen molar-refractivity contribution in [2.75, 3.05) is 0 Å². The highest BCUT2D eigenvalue weighted by atomic mass is 16.7. The molecule has 0 radical (unpaired) electrons. The van der Waals surface area contributed by atoms with Gasteiger partial charge in [-0.05, 0) is 57.5 Å². The molecule has 2 aliphatic rings. The Morgan fingerprint density at radius 2 is 1.52 bits per heavy atom. The zero-order valence-electron chi connectivity index (χ0n) is 13.3. The third-order valence-electron chi connectivity index (χ3n) is 4.51. The first kappa shape index (κ1) is 16.1. The monoisotopic (exact) mass is 289 g/mol. The van der Waals surface area contributed by atoms with Crippen molar-refractivity contribution in [3.63, 3.8) is 0 Å². The van der Waals surface area contributed by atoms with Crippen LogP contribution >= 0.6 is 0 Å². The van der Waals surface area contributed by atoms with E-state index in [2.05, 4.69) is 57.7 Å². The van der Waals surface area contributed by atoms with Crippen LogP contribution < -0.4 is 11.2 Å². The lowest BCUT2D eigenvalue weighted by molar-refractivity contribution is -0.106. The molecular weight excluding hydrogens is 265 g/mol. The molecule has 5 heteroatoms. The van der Waals surface area contributed by atoms with Gasteiger partial charge >= 0.3 is 7.12 Å². The van der Waals surface area contributed by atoms with E-state index in [4.69, 9.17) is 14.1 Å². The van der Waals surface area contributed by atoms with Gasteiger partial charge in [0.2, 0.25) is 6.41 Å². The number of primary amides is 1. The zero-order chi connectivity index (χ0) is 15.7. The van der Waals surface area contributed by atoms with E-state index in [1.165, 1.54) is 18.4 Å². The molecule has 1 heterocycles. The first-order valence-corrected chi connectivity index (χ1v) is 7.41. The minimum absolute atomic E-state index is 0.233. The molecule has 2 N–H and O–H groups in total. The van der Waals surface area contributed by atoms with Crippen molar-refractivity contribution >= 4 is 19.0 Å². The average Bonchev–Trinajstić information content (AvgIpc) is 3.19. The third-order valence-corrected chi connectivity index (χ3v) is 4.51. The van der Waals surface area contributed by atoms with E-state index >= 15 is 0 Å². The van der Waals surface area contributed by atoms with E-state index in [0.717, 1.165) is 11.4 Å². The van der Waals surface area contributed by atoms with Crippen molar-refractivity contribution in [3.05, 3.63) is 29.8 Å². The van der Waals surface area contributed by atoms with Crippen molar-refractivity contribution < 1.29 is 14.1 Å². The smallest absolute Gasteiger partial charge is 0.399 e. The maximum absolute atomic E-state index is 8.58. The van der Waals surface area contributed by atoms with E-state index in [1.54, 1.807) is 0 Å². The van der Waals surface area contributed by atoms with E-state index in [0.29, 0.717) is 0 Å². The van der Waals surface area contributed by atoms with Gasteiger partial charge in [0, 0.05) is 0 Å². The lowest BCUT2D eigenvalue weighted by atomic mass is 9.78. The summed E-state index contributed by atoms with van der Waals surface area (Å²) >= 11 is 0. The Bertz CT molecular complexity index is 479. The molecule has 0 bridgehead atoms. The highest BCUT2D eigenvalue weighted by molar-refractivity contribution is 6.62. The Labute approximate surface area is 127 Å². The topological polar surface area (TPSA) is 61.6 Å². The summed E-state index contributed by atoms with van der Waals surface area (Å²) in [6.07, 6.45) is 2.94. The van der Waals surface area contributed by atoms with Crippen molar-refractivity contribution in [1.29, 1.82) is 0 Å². The highest BCUT2D eigenvalue weighted by Crippen LogP contribution is 2.40.